The van der Waals surface area contributed by atoms with Gasteiger partial charge in [-0.15, -0.1) is 6.58 Å². The van der Waals surface area contributed by atoms with Crippen LogP contribution in [0.5, 0.6) is 11.5 Å². The standard InChI is InChI=1S/C27H36N2O8/c1-3-4-7-22(32)29(14-17-6-5-10-36-17)20-13-19(27(34)28-8-9-30)23-18-11-16(15-31)12-21(35-2)25(18)37-26(23)24(20)33/h3,11-13,17,20,23-24,26,30-31,33H,1,4-10,14-15H2,2H3,(H,28,34)/t17-,20-,23+,24+,26+/m1/s1. The van der Waals surface area contributed by atoms with Crippen LogP contribution in [-0.4, -0.2) is 89.8 Å². The van der Waals surface area contributed by atoms with Crippen LogP contribution in [0.2, 0.25) is 0 Å². The SMILES string of the molecule is C=CCCC(=O)N(C[C@H]1CCCO1)[C@@H]1C=C(C(=O)NCCO)[C@@H]2c3cc(CO)cc(OC)c3O[C@@H]2[C@H]1O. The lowest BCUT2D eigenvalue weighted by Crippen LogP contribution is -2.57. The third kappa shape index (κ3) is 5.52. The molecule has 2 heterocycles. The first kappa shape index (κ1) is 27.1. The van der Waals surface area contributed by atoms with Gasteiger partial charge in [0.2, 0.25) is 11.8 Å². The van der Waals surface area contributed by atoms with Crippen LogP contribution >= 0.6 is 0 Å². The van der Waals surface area contributed by atoms with Crippen LogP contribution in [-0.2, 0) is 20.9 Å². The van der Waals surface area contributed by atoms with E-state index in [-0.39, 0.29) is 44.7 Å². The molecule has 1 fully saturated rings. The summed E-state index contributed by atoms with van der Waals surface area (Å²) in [5.41, 5.74) is 1.50. The van der Waals surface area contributed by atoms with E-state index in [1.54, 1.807) is 29.2 Å². The predicted octanol–water partition coefficient (Wildman–Crippen LogP) is 0.784. The second kappa shape index (κ2) is 12.1. The molecule has 0 bridgehead atoms. The van der Waals surface area contributed by atoms with Gasteiger partial charge in [0, 0.05) is 37.3 Å². The number of carbonyl (C=O) groups is 2. The van der Waals surface area contributed by atoms with Gasteiger partial charge in [-0.1, -0.05) is 6.08 Å². The molecule has 202 valence electrons. The highest BCUT2D eigenvalue weighted by atomic mass is 16.5. The molecule has 2 amide bonds. The van der Waals surface area contributed by atoms with Gasteiger partial charge in [-0.25, -0.2) is 0 Å². The second-order valence-corrected chi connectivity index (χ2v) is 9.53. The Labute approximate surface area is 216 Å². The Hall–Kier alpha value is -2.92. The third-order valence-corrected chi connectivity index (χ3v) is 7.16. The molecule has 4 N–H and O–H groups in total. The molecule has 0 spiro atoms. The summed E-state index contributed by atoms with van der Waals surface area (Å²) in [5.74, 6) is -0.499. The molecular formula is C27H36N2O8. The number of nitrogens with zero attached hydrogens (tertiary/aromatic N) is 1. The number of aliphatic hydroxyl groups excluding tert-OH is 3. The van der Waals surface area contributed by atoms with Crippen molar-refractivity contribution in [2.75, 3.05) is 33.4 Å². The highest BCUT2D eigenvalue weighted by molar-refractivity contribution is 5.96. The number of fused-ring (bicyclic) bond motifs is 3. The molecule has 0 saturated carbocycles. The zero-order valence-electron chi connectivity index (χ0n) is 21.1. The average molecular weight is 517 g/mol. The second-order valence-electron chi connectivity index (χ2n) is 9.53. The molecule has 10 nitrogen and oxygen atoms in total. The van der Waals surface area contributed by atoms with Gasteiger partial charge < -0.3 is 39.7 Å². The van der Waals surface area contributed by atoms with Crippen molar-refractivity contribution >= 4 is 11.8 Å². The van der Waals surface area contributed by atoms with Crippen LogP contribution in [0.4, 0.5) is 0 Å². The minimum atomic E-state index is -1.15. The predicted molar refractivity (Wildman–Crippen MR) is 134 cm³/mol. The minimum absolute atomic E-state index is 0.0480. The van der Waals surface area contributed by atoms with E-state index in [0.29, 0.717) is 41.2 Å². The first-order valence-electron chi connectivity index (χ1n) is 12.7. The van der Waals surface area contributed by atoms with E-state index < -0.39 is 30.1 Å². The first-order valence-corrected chi connectivity index (χ1v) is 12.7. The molecule has 1 aromatic rings. The fourth-order valence-electron chi connectivity index (χ4n) is 5.39. The molecule has 2 aliphatic heterocycles. The van der Waals surface area contributed by atoms with Gasteiger partial charge in [0.15, 0.2) is 11.5 Å². The number of allylic oxidation sites excluding steroid dienone is 1. The van der Waals surface area contributed by atoms with E-state index in [1.165, 1.54) is 7.11 Å². The van der Waals surface area contributed by atoms with Gasteiger partial charge in [-0.05, 0) is 43.0 Å². The number of ether oxygens (including phenoxy) is 3. The number of methoxy groups -OCH3 is 1. The maximum Gasteiger partial charge on any atom is 0.247 e. The summed E-state index contributed by atoms with van der Waals surface area (Å²) >= 11 is 0. The Morgan fingerprint density at radius 2 is 2.14 bits per heavy atom. The third-order valence-electron chi connectivity index (χ3n) is 7.16. The van der Waals surface area contributed by atoms with Crippen LogP contribution in [0.25, 0.3) is 0 Å². The molecule has 1 aliphatic carbocycles. The molecule has 4 rings (SSSR count). The van der Waals surface area contributed by atoms with Gasteiger partial charge in [0.1, 0.15) is 12.2 Å². The summed E-state index contributed by atoms with van der Waals surface area (Å²) in [4.78, 5) is 28.3. The molecule has 0 aromatic heterocycles. The number of carbonyl (C=O) groups excluding carboxylic acids is 2. The molecule has 37 heavy (non-hydrogen) atoms. The van der Waals surface area contributed by atoms with Gasteiger partial charge in [-0.3, -0.25) is 9.59 Å². The summed E-state index contributed by atoms with van der Waals surface area (Å²) in [6, 6.07) is 2.55. The van der Waals surface area contributed by atoms with Crippen molar-refractivity contribution in [1.29, 1.82) is 0 Å². The lowest BCUT2D eigenvalue weighted by molar-refractivity contribution is -0.139. The van der Waals surface area contributed by atoms with E-state index in [0.717, 1.165) is 12.8 Å². The molecule has 3 aliphatic rings. The van der Waals surface area contributed by atoms with Crippen LogP contribution < -0.4 is 14.8 Å². The summed E-state index contributed by atoms with van der Waals surface area (Å²) in [6.45, 7) is 4.17. The fourth-order valence-corrected chi connectivity index (χ4v) is 5.39. The fraction of sp³-hybridized carbons (Fsp3) is 0.556. The van der Waals surface area contributed by atoms with E-state index >= 15 is 0 Å². The maximum atomic E-state index is 13.3. The van der Waals surface area contributed by atoms with Crippen LogP contribution in [0.3, 0.4) is 0 Å². The van der Waals surface area contributed by atoms with Crippen molar-refractivity contribution in [2.24, 2.45) is 0 Å². The molecule has 1 saturated heterocycles. The van der Waals surface area contributed by atoms with Crippen molar-refractivity contribution in [3.8, 4) is 11.5 Å². The van der Waals surface area contributed by atoms with Crippen molar-refractivity contribution in [1.82, 2.24) is 10.2 Å². The Balaban J connectivity index is 1.77. The number of hydrogen-bond donors (Lipinski definition) is 4. The lowest BCUT2D eigenvalue weighted by atomic mass is 9.77. The van der Waals surface area contributed by atoms with Crippen molar-refractivity contribution in [3.05, 3.63) is 47.6 Å². The number of amides is 2. The van der Waals surface area contributed by atoms with E-state index in [4.69, 9.17) is 14.2 Å². The number of hydrogen-bond acceptors (Lipinski definition) is 8. The van der Waals surface area contributed by atoms with Crippen molar-refractivity contribution < 1.29 is 39.1 Å². The molecule has 0 radical (unpaired) electrons. The van der Waals surface area contributed by atoms with Crippen molar-refractivity contribution in [3.63, 3.8) is 0 Å². The zero-order chi connectivity index (χ0) is 26.5. The number of rotatable bonds is 11. The van der Waals surface area contributed by atoms with Gasteiger partial charge in [0.25, 0.3) is 0 Å². The maximum absolute atomic E-state index is 13.3. The summed E-state index contributed by atoms with van der Waals surface area (Å²) in [6.07, 6.45) is 3.51. The molecule has 10 heteroatoms. The van der Waals surface area contributed by atoms with E-state index in [9.17, 15) is 24.9 Å². The highest BCUT2D eigenvalue weighted by Crippen LogP contribution is 2.51. The first-order chi connectivity index (χ1) is 17.9. The molecule has 1 aromatic carbocycles. The van der Waals surface area contributed by atoms with Gasteiger partial charge >= 0.3 is 0 Å². The normalized spacial score (nSPS) is 25.9. The van der Waals surface area contributed by atoms with Gasteiger partial charge in [0.05, 0.1) is 38.4 Å². The number of benzene rings is 1. The Morgan fingerprint density at radius 1 is 1.32 bits per heavy atom. The number of nitrogens with one attached hydrogen (secondary N) is 1. The monoisotopic (exact) mass is 516 g/mol. The highest BCUT2D eigenvalue weighted by Gasteiger charge is 2.51. The van der Waals surface area contributed by atoms with Crippen molar-refractivity contribution in [2.45, 2.75) is 62.6 Å². The largest absolute Gasteiger partial charge is 0.493 e. The topological polar surface area (TPSA) is 138 Å². The summed E-state index contributed by atoms with van der Waals surface area (Å²) < 4.78 is 17.5. The molecule has 0 unspecified atom stereocenters. The number of aliphatic hydroxyl groups is 3. The van der Waals surface area contributed by atoms with Crippen LogP contribution in [0.1, 0.15) is 42.7 Å². The lowest BCUT2D eigenvalue weighted by Gasteiger charge is -2.41. The Bertz CT molecular complexity index is 1040. The minimum Gasteiger partial charge on any atom is -0.493 e. The quantitative estimate of drug-likeness (QED) is 0.317. The van der Waals surface area contributed by atoms with Crippen LogP contribution in [0, 0.1) is 0 Å². The summed E-state index contributed by atoms with van der Waals surface area (Å²) in [7, 11) is 1.48. The van der Waals surface area contributed by atoms with E-state index in [2.05, 4.69) is 11.9 Å². The van der Waals surface area contributed by atoms with Crippen LogP contribution in [0.15, 0.2) is 36.4 Å². The van der Waals surface area contributed by atoms with Gasteiger partial charge in [-0.2, -0.15) is 0 Å². The summed E-state index contributed by atoms with van der Waals surface area (Å²) in [5, 5.41) is 33.4. The molecular weight excluding hydrogens is 480 g/mol. The van der Waals surface area contributed by atoms with E-state index in [1.807, 2.05) is 0 Å². The molecule has 5 atom stereocenters. The Morgan fingerprint density at radius 3 is 2.78 bits per heavy atom. The zero-order valence-corrected chi connectivity index (χ0v) is 21.1. The average Bonchev–Trinajstić information content (AvgIpc) is 3.57. The smallest absolute Gasteiger partial charge is 0.247 e. The Kier molecular flexibility index (Phi) is 8.86.